The first kappa shape index (κ1) is 17.6. The van der Waals surface area contributed by atoms with Crippen molar-refractivity contribution in [1.29, 1.82) is 0 Å². The van der Waals surface area contributed by atoms with Gasteiger partial charge in [0, 0.05) is 13.5 Å². The van der Waals surface area contributed by atoms with Crippen molar-refractivity contribution < 1.29 is 14.3 Å². The molecule has 0 aromatic heterocycles. The fourth-order valence-corrected chi connectivity index (χ4v) is 3.67. The van der Waals surface area contributed by atoms with Crippen LogP contribution in [0.4, 0.5) is 11.4 Å². The SMILES string of the molecule is Cc1ccc(C(CC(=O)Nc2cccc3c2OCC(=O)N3C)C2CC2)cc1. The van der Waals surface area contributed by atoms with Gasteiger partial charge in [-0.1, -0.05) is 35.9 Å². The van der Waals surface area contributed by atoms with E-state index in [2.05, 4.69) is 36.5 Å². The van der Waals surface area contributed by atoms with E-state index >= 15 is 0 Å². The summed E-state index contributed by atoms with van der Waals surface area (Å²) in [6, 6.07) is 14.0. The van der Waals surface area contributed by atoms with Crippen LogP contribution in [0.2, 0.25) is 0 Å². The summed E-state index contributed by atoms with van der Waals surface area (Å²) in [4.78, 5) is 26.2. The minimum absolute atomic E-state index is 0.00947. The molecule has 2 aromatic rings. The molecule has 5 heteroatoms. The normalized spacial score (nSPS) is 17.1. The van der Waals surface area contributed by atoms with Gasteiger partial charge in [0.15, 0.2) is 12.4 Å². The van der Waals surface area contributed by atoms with Gasteiger partial charge < -0.3 is 15.0 Å². The van der Waals surface area contributed by atoms with Gasteiger partial charge in [0.2, 0.25) is 5.91 Å². The first-order valence-electron chi connectivity index (χ1n) is 9.41. The number of anilines is 2. The molecule has 0 radical (unpaired) electrons. The summed E-state index contributed by atoms with van der Waals surface area (Å²) in [5.41, 5.74) is 3.76. The van der Waals surface area contributed by atoms with Gasteiger partial charge in [-0.3, -0.25) is 9.59 Å². The zero-order valence-electron chi connectivity index (χ0n) is 15.7. The van der Waals surface area contributed by atoms with Gasteiger partial charge in [0.1, 0.15) is 0 Å². The highest BCUT2D eigenvalue weighted by Gasteiger charge is 2.34. The third-order valence-corrected chi connectivity index (χ3v) is 5.45. The number of likely N-dealkylation sites (N-methyl/N-ethyl adjacent to an activating group) is 1. The van der Waals surface area contributed by atoms with E-state index < -0.39 is 0 Å². The highest BCUT2D eigenvalue weighted by molar-refractivity contribution is 6.01. The molecule has 2 aromatic carbocycles. The van der Waals surface area contributed by atoms with E-state index in [1.807, 2.05) is 18.2 Å². The maximum Gasteiger partial charge on any atom is 0.264 e. The molecule has 5 nitrogen and oxygen atoms in total. The van der Waals surface area contributed by atoms with E-state index in [9.17, 15) is 9.59 Å². The largest absolute Gasteiger partial charge is 0.479 e. The number of nitrogens with zero attached hydrogens (tertiary/aromatic N) is 1. The number of carbonyl (C=O) groups excluding carboxylic acids is 2. The van der Waals surface area contributed by atoms with Crippen molar-refractivity contribution in [1.82, 2.24) is 0 Å². The molecule has 1 atom stereocenters. The number of nitrogens with one attached hydrogen (secondary N) is 1. The lowest BCUT2D eigenvalue weighted by Crippen LogP contribution is -2.35. The number of fused-ring (bicyclic) bond motifs is 1. The predicted molar refractivity (Wildman–Crippen MR) is 105 cm³/mol. The van der Waals surface area contributed by atoms with Gasteiger partial charge in [0.05, 0.1) is 11.4 Å². The molecule has 1 saturated carbocycles. The number of hydrogen-bond acceptors (Lipinski definition) is 3. The second-order valence-electron chi connectivity index (χ2n) is 7.50. The Labute approximate surface area is 159 Å². The number of aryl methyl sites for hydroxylation is 1. The molecule has 1 unspecified atom stereocenters. The highest BCUT2D eigenvalue weighted by Crippen LogP contribution is 2.45. The van der Waals surface area contributed by atoms with Crippen LogP contribution in [-0.4, -0.2) is 25.5 Å². The van der Waals surface area contributed by atoms with Gasteiger partial charge in [0.25, 0.3) is 5.91 Å². The van der Waals surface area contributed by atoms with Gasteiger partial charge in [-0.2, -0.15) is 0 Å². The Morgan fingerprint density at radius 2 is 1.96 bits per heavy atom. The summed E-state index contributed by atoms with van der Waals surface area (Å²) in [6.07, 6.45) is 2.82. The van der Waals surface area contributed by atoms with Crippen molar-refractivity contribution in [2.24, 2.45) is 5.92 Å². The topological polar surface area (TPSA) is 58.6 Å². The molecule has 4 rings (SSSR count). The van der Waals surface area contributed by atoms with E-state index in [-0.39, 0.29) is 24.3 Å². The second kappa shape index (κ2) is 7.06. The molecule has 1 N–H and O–H groups in total. The molecule has 2 amide bonds. The average Bonchev–Trinajstić information content (AvgIpc) is 3.49. The fraction of sp³-hybridized carbons (Fsp3) is 0.364. The van der Waals surface area contributed by atoms with Crippen LogP contribution in [0, 0.1) is 12.8 Å². The Bertz CT molecular complexity index is 872. The van der Waals surface area contributed by atoms with Crippen molar-refractivity contribution in [3.63, 3.8) is 0 Å². The number of hydrogen-bond donors (Lipinski definition) is 1. The summed E-state index contributed by atoms with van der Waals surface area (Å²) < 4.78 is 5.59. The van der Waals surface area contributed by atoms with E-state index in [0.29, 0.717) is 29.5 Å². The number of rotatable bonds is 5. The molecule has 2 aliphatic rings. The molecule has 140 valence electrons. The molecule has 0 saturated heterocycles. The summed E-state index contributed by atoms with van der Waals surface area (Å²) >= 11 is 0. The van der Waals surface area contributed by atoms with Crippen LogP contribution in [0.15, 0.2) is 42.5 Å². The van der Waals surface area contributed by atoms with E-state index in [1.54, 1.807) is 11.9 Å². The molecule has 1 aliphatic carbocycles. The van der Waals surface area contributed by atoms with Crippen molar-refractivity contribution in [3.05, 3.63) is 53.6 Å². The van der Waals surface area contributed by atoms with Crippen LogP contribution < -0.4 is 15.0 Å². The average molecular weight is 364 g/mol. The van der Waals surface area contributed by atoms with Crippen LogP contribution in [0.25, 0.3) is 0 Å². The fourth-order valence-electron chi connectivity index (χ4n) is 3.67. The van der Waals surface area contributed by atoms with E-state index in [1.165, 1.54) is 24.0 Å². The van der Waals surface area contributed by atoms with Gasteiger partial charge in [-0.15, -0.1) is 0 Å². The standard InChI is InChI=1S/C22H24N2O3/c1-14-6-8-15(9-7-14)17(16-10-11-16)12-20(25)23-18-4-3-5-19-22(18)27-13-21(26)24(19)2/h3-9,16-17H,10-13H2,1-2H3,(H,23,25). The number of carbonyl (C=O) groups is 2. The molecule has 1 fully saturated rings. The Balaban J connectivity index is 1.51. The second-order valence-corrected chi connectivity index (χ2v) is 7.50. The van der Waals surface area contributed by atoms with Crippen LogP contribution in [0.1, 0.15) is 36.3 Å². The van der Waals surface area contributed by atoms with Crippen LogP contribution in [-0.2, 0) is 9.59 Å². The first-order valence-corrected chi connectivity index (χ1v) is 9.41. The Kier molecular flexibility index (Phi) is 4.60. The number of benzene rings is 2. The van der Waals surface area contributed by atoms with Gasteiger partial charge >= 0.3 is 0 Å². The lowest BCUT2D eigenvalue weighted by molar-refractivity contribution is -0.121. The van der Waals surface area contributed by atoms with Crippen molar-refractivity contribution in [2.75, 3.05) is 23.9 Å². The lowest BCUT2D eigenvalue weighted by atomic mass is 9.90. The highest BCUT2D eigenvalue weighted by atomic mass is 16.5. The minimum Gasteiger partial charge on any atom is -0.479 e. The zero-order valence-corrected chi connectivity index (χ0v) is 15.7. The van der Waals surface area contributed by atoms with Crippen LogP contribution in [0.5, 0.6) is 5.75 Å². The summed E-state index contributed by atoms with van der Waals surface area (Å²) in [6.45, 7) is 2.06. The molecular formula is C22H24N2O3. The third-order valence-electron chi connectivity index (χ3n) is 5.45. The van der Waals surface area contributed by atoms with E-state index in [4.69, 9.17) is 4.74 Å². The quantitative estimate of drug-likeness (QED) is 0.876. The lowest BCUT2D eigenvalue weighted by Gasteiger charge is -2.27. The molecule has 0 spiro atoms. The summed E-state index contributed by atoms with van der Waals surface area (Å²) in [5, 5.41) is 3.00. The van der Waals surface area contributed by atoms with Crippen LogP contribution in [0.3, 0.4) is 0 Å². The monoisotopic (exact) mass is 364 g/mol. The first-order chi connectivity index (χ1) is 13.0. The maximum absolute atomic E-state index is 12.8. The number of ether oxygens (including phenoxy) is 1. The smallest absolute Gasteiger partial charge is 0.264 e. The predicted octanol–water partition coefficient (Wildman–Crippen LogP) is 3.87. The van der Waals surface area contributed by atoms with Crippen LogP contribution >= 0.6 is 0 Å². The summed E-state index contributed by atoms with van der Waals surface area (Å²) in [5.74, 6) is 1.27. The van der Waals surface area contributed by atoms with Crippen molar-refractivity contribution >= 4 is 23.2 Å². The summed E-state index contributed by atoms with van der Waals surface area (Å²) in [7, 11) is 1.72. The third kappa shape index (κ3) is 3.68. The zero-order chi connectivity index (χ0) is 19.0. The minimum atomic E-state index is -0.0980. The van der Waals surface area contributed by atoms with Crippen molar-refractivity contribution in [3.8, 4) is 5.75 Å². The number of para-hydroxylation sites is 1. The Morgan fingerprint density at radius 3 is 2.67 bits per heavy atom. The van der Waals surface area contributed by atoms with E-state index in [0.717, 1.165) is 0 Å². The molecule has 0 bridgehead atoms. The van der Waals surface area contributed by atoms with Crippen molar-refractivity contribution in [2.45, 2.75) is 32.1 Å². The molecule has 27 heavy (non-hydrogen) atoms. The molecule has 1 aliphatic heterocycles. The van der Waals surface area contributed by atoms with Gasteiger partial charge in [-0.05, 0) is 49.3 Å². The molecule has 1 heterocycles. The molecular weight excluding hydrogens is 340 g/mol. The maximum atomic E-state index is 12.8. The Morgan fingerprint density at radius 1 is 1.22 bits per heavy atom. The Hall–Kier alpha value is -2.82. The van der Waals surface area contributed by atoms with Gasteiger partial charge in [-0.25, -0.2) is 0 Å². The number of amides is 2.